The molecule has 3 aromatic heterocycles. The minimum Gasteiger partial charge on any atom is -0.382 e. The zero-order chi connectivity index (χ0) is 24.1. The number of hydrogen-bond donors (Lipinski definition) is 1. The van der Waals surface area contributed by atoms with Crippen LogP contribution in [0.15, 0.2) is 80.2 Å². The van der Waals surface area contributed by atoms with Crippen molar-refractivity contribution in [2.45, 2.75) is 35.3 Å². The van der Waals surface area contributed by atoms with Crippen LogP contribution < -0.4 is 5.73 Å². The van der Waals surface area contributed by atoms with Gasteiger partial charge in [-0.1, -0.05) is 63.2 Å². The number of thiophene rings is 1. The first-order valence-electron chi connectivity index (χ1n) is 10.7. The molecule has 5 aromatic rings. The second-order valence-corrected chi connectivity index (χ2v) is 12.0. The van der Waals surface area contributed by atoms with Crippen LogP contribution in [-0.2, 0) is 15.3 Å². The van der Waals surface area contributed by atoms with Crippen LogP contribution in [0.4, 0.5) is 5.82 Å². The van der Waals surface area contributed by atoms with Crippen molar-refractivity contribution >= 4 is 55.4 Å². The Morgan fingerprint density at radius 2 is 1.65 bits per heavy atom. The van der Waals surface area contributed by atoms with Gasteiger partial charge in [-0.05, 0) is 40.1 Å². The third-order valence-corrected chi connectivity index (χ3v) is 8.77. The molecule has 0 atom stereocenters. The Labute approximate surface area is 201 Å². The summed E-state index contributed by atoms with van der Waals surface area (Å²) in [5, 5.41) is 6.23. The highest BCUT2D eigenvalue weighted by molar-refractivity contribution is 7.93. The molecule has 3 heterocycles. The Hall–Kier alpha value is -3.56. The molecule has 0 spiro atoms. The van der Waals surface area contributed by atoms with Crippen LogP contribution in [0.5, 0.6) is 0 Å². The monoisotopic (exact) mass is 489 g/mol. The largest absolute Gasteiger partial charge is 0.382 e. The average molecular weight is 490 g/mol. The van der Waals surface area contributed by atoms with Crippen LogP contribution in [0.25, 0.3) is 22.2 Å². The van der Waals surface area contributed by atoms with Gasteiger partial charge in [-0.15, -0.1) is 11.3 Å². The number of anilines is 1. The predicted octanol–water partition coefficient (Wildman–Crippen LogP) is 5.24. The van der Waals surface area contributed by atoms with E-state index in [-0.39, 0.29) is 31.5 Å². The smallest absolute Gasteiger partial charge is 0.221 e. The van der Waals surface area contributed by atoms with Crippen molar-refractivity contribution in [3.8, 4) is 0 Å². The Morgan fingerprint density at radius 3 is 2.26 bits per heavy atom. The molecule has 2 N–H and O–H groups in total. The fourth-order valence-corrected chi connectivity index (χ4v) is 6.30. The van der Waals surface area contributed by atoms with Gasteiger partial charge < -0.3 is 5.73 Å². The van der Waals surface area contributed by atoms with Crippen LogP contribution in [0, 0.1) is 0 Å². The Kier molecular flexibility index (Phi) is 5.26. The van der Waals surface area contributed by atoms with Crippen LogP contribution in [0.2, 0.25) is 0 Å². The van der Waals surface area contributed by atoms with Crippen molar-refractivity contribution in [1.82, 2.24) is 14.6 Å². The topological polar surface area (TPSA) is 103 Å². The van der Waals surface area contributed by atoms with Gasteiger partial charge in [-0.3, -0.25) is 0 Å². The van der Waals surface area contributed by atoms with E-state index in [1.807, 2.05) is 30.3 Å². The standard InChI is InChI=1S/C25H23N5O2S2/c1-25(2,3)17-12-10-16(11-13-17)15-27-30-23(26)22(34(31,32)20-9-6-14-33-20)21-24(30)29-19-8-5-4-7-18(19)28-21/h4-15H,26H2,1-3H3. The molecule has 0 saturated heterocycles. The molecule has 0 aliphatic carbocycles. The summed E-state index contributed by atoms with van der Waals surface area (Å²) in [6.45, 7) is 6.46. The highest BCUT2D eigenvalue weighted by Gasteiger charge is 2.31. The van der Waals surface area contributed by atoms with E-state index in [1.165, 1.54) is 10.2 Å². The quantitative estimate of drug-likeness (QED) is 0.348. The van der Waals surface area contributed by atoms with E-state index in [1.54, 1.807) is 29.8 Å². The van der Waals surface area contributed by atoms with E-state index in [9.17, 15) is 8.42 Å². The highest BCUT2D eigenvalue weighted by Crippen LogP contribution is 2.36. The molecule has 0 saturated carbocycles. The van der Waals surface area contributed by atoms with E-state index < -0.39 is 9.84 Å². The average Bonchev–Trinajstić information content (AvgIpc) is 3.43. The molecule has 0 unspecified atom stereocenters. The lowest BCUT2D eigenvalue weighted by atomic mass is 9.87. The number of para-hydroxylation sites is 2. The number of nitrogen functional groups attached to an aromatic ring is 1. The molecular weight excluding hydrogens is 466 g/mol. The molecule has 0 bridgehead atoms. The first-order valence-corrected chi connectivity index (χ1v) is 13.0. The summed E-state index contributed by atoms with van der Waals surface area (Å²) in [6, 6.07) is 18.6. The minimum atomic E-state index is -3.91. The lowest BCUT2D eigenvalue weighted by molar-refractivity contribution is 0.590. The normalized spacial score (nSPS) is 12.8. The Balaban J connectivity index is 1.71. The second-order valence-electron chi connectivity index (χ2n) is 8.96. The van der Waals surface area contributed by atoms with E-state index in [0.29, 0.717) is 11.0 Å². The number of nitrogens with two attached hydrogens (primary N) is 1. The summed E-state index contributed by atoms with van der Waals surface area (Å²) in [6.07, 6.45) is 1.64. The number of nitrogens with zero attached hydrogens (tertiary/aromatic N) is 4. The van der Waals surface area contributed by atoms with Crippen LogP contribution in [0.3, 0.4) is 0 Å². The lowest BCUT2D eigenvalue weighted by Crippen LogP contribution is -2.10. The second kappa shape index (κ2) is 8.03. The third kappa shape index (κ3) is 3.76. The van der Waals surface area contributed by atoms with Crippen LogP contribution in [0.1, 0.15) is 31.9 Å². The van der Waals surface area contributed by atoms with E-state index in [4.69, 9.17) is 5.73 Å². The van der Waals surface area contributed by atoms with Crippen molar-refractivity contribution in [2.75, 3.05) is 5.73 Å². The van der Waals surface area contributed by atoms with Gasteiger partial charge in [0.1, 0.15) is 20.4 Å². The first kappa shape index (κ1) is 22.2. The van der Waals surface area contributed by atoms with Gasteiger partial charge in [0.25, 0.3) is 0 Å². The van der Waals surface area contributed by atoms with Gasteiger partial charge in [0.2, 0.25) is 9.84 Å². The van der Waals surface area contributed by atoms with Crippen molar-refractivity contribution in [3.05, 3.63) is 77.2 Å². The summed E-state index contributed by atoms with van der Waals surface area (Å²) >= 11 is 1.13. The molecular formula is C25H23N5O2S2. The lowest BCUT2D eigenvalue weighted by Gasteiger charge is -2.18. The van der Waals surface area contributed by atoms with Gasteiger partial charge in [-0.2, -0.15) is 9.78 Å². The molecule has 0 aliphatic heterocycles. The predicted molar refractivity (Wildman–Crippen MR) is 137 cm³/mol. The highest BCUT2D eigenvalue weighted by atomic mass is 32.2. The van der Waals surface area contributed by atoms with Crippen molar-refractivity contribution in [1.29, 1.82) is 0 Å². The first-order chi connectivity index (χ1) is 16.2. The van der Waals surface area contributed by atoms with Gasteiger partial charge >= 0.3 is 0 Å². The summed E-state index contributed by atoms with van der Waals surface area (Å²) in [5.41, 5.74) is 10.2. The molecule has 0 amide bonds. The van der Waals surface area contributed by atoms with Gasteiger partial charge in [0.15, 0.2) is 5.65 Å². The van der Waals surface area contributed by atoms with Crippen molar-refractivity contribution in [2.24, 2.45) is 5.10 Å². The Morgan fingerprint density at radius 1 is 0.971 bits per heavy atom. The summed E-state index contributed by atoms with van der Waals surface area (Å²) in [5.74, 6) is -0.0266. The fourth-order valence-electron chi connectivity index (χ4n) is 3.71. The molecule has 34 heavy (non-hydrogen) atoms. The van der Waals surface area contributed by atoms with E-state index in [2.05, 4.69) is 48.0 Å². The van der Waals surface area contributed by atoms with E-state index >= 15 is 0 Å². The number of fused-ring (bicyclic) bond motifs is 2. The summed E-state index contributed by atoms with van der Waals surface area (Å²) in [7, 11) is -3.91. The number of sulfone groups is 1. The molecule has 7 nitrogen and oxygen atoms in total. The van der Waals surface area contributed by atoms with Crippen molar-refractivity contribution in [3.63, 3.8) is 0 Å². The third-order valence-electron chi connectivity index (χ3n) is 5.56. The van der Waals surface area contributed by atoms with Crippen LogP contribution in [-0.4, -0.2) is 29.3 Å². The van der Waals surface area contributed by atoms with Crippen LogP contribution >= 0.6 is 11.3 Å². The maximum absolute atomic E-state index is 13.5. The molecule has 0 aliphatic rings. The summed E-state index contributed by atoms with van der Waals surface area (Å²) < 4.78 is 28.5. The molecule has 172 valence electrons. The zero-order valence-electron chi connectivity index (χ0n) is 18.9. The fraction of sp³-hybridized carbons (Fsp3) is 0.160. The SMILES string of the molecule is CC(C)(C)c1ccc(C=Nn2c(N)c(S(=O)(=O)c3cccs3)c3nc4ccccc4nc32)cc1. The molecule has 5 rings (SSSR count). The summed E-state index contributed by atoms with van der Waals surface area (Å²) in [4.78, 5) is 9.20. The molecule has 9 heteroatoms. The minimum absolute atomic E-state index is 0.0266. The van der Waals surface area contributed by atoms with Crippen molar-refractivity contribution < 1.29 is 8.42 Å². The molecule has 0 fully saturated rings. The maximum atomic E-state index is 13.5. The zero-order valence-corrected chi connectivity index (χ0v) is 20.6. The Bertz CT molecular complexity index is 1640. The van der Waals surface area contributed by atoms with E-state index in [0.717, 1.165) is 16.9 Å². The number of hydrogen-bond acceptors (Lipinski definition) is 7. The van der Waals surface area contributed by atoms with Gasteiger partial charge in [0, 0.05) is 0 Å². The number of benzene rings is 2. The maximum Gasteiger partial charge on any atom is 0.221 e. The molecule has 2 aromatic carbocycles. The van der Waals surface area contributed by atoms with Gasteiger partial charge in [-0.25, -0.2) is 18.4 Å². The molecule has 0 radical (unpaired) electrons. The number of rotatable bonds is 4. The van der Waals surface area contributed by atoms with Gasteiger partial charge in [0.05, 0.1) is 17.2 Å². The number of aromatic nitrogens is 3.